The van der Waals surface area contributed by atoms with E-state index in [0.717, 1.165) is 6.42 Å². The summed E-state index contributed by atoms with van der Waals surface area (Å²) in [5.41, 5.74) is 0. The molecule has 0 radical (unpaired) electrons. The number of hydrogen-bond acceptors (Lipinski definition) is 2. The Hall–Kier alpha value is -1.06. The van der Waals surface area contributed by atoms with Crippen molar-refractivity contribution in [1.29, 1.82) is 0 Å². The first kappa shape index (κ1) is 16.9. The van der Waals surface area contributed by atoms with E-state index in [1.807, 2.05) is 20.8 Å². The van der Waals surface area contributed by atoms with E-state index < -0.39 is 12.0 Å². The number of aliphatic carboxylic acids is 1. The van der Waals surface area contributed by atoms with Crippen molar-refractivity contribution in [1.82, 2.24) is 5.32 Å². The zero-order valence-electron chi connectivity index (χ0n) is 12.2. The molecule has 0 saturated heterocycles. The van der Waals surface area contributed by atoms with E-state index in [9.17, 15) is 9.59 Å². The molecule has 0 spiro atoms. The average molecular weight is 257 g/mol. The van der Waals surface area contributed by atoms with Gasteiger partial charge in [-0.2, -0.15) is 0 Å². The Labute approximate surface area is 110 Å². The monoisotopic (exact) mass is 257 g/mol. The zero-order chi connectivity index (χ0) is 14.3. The third-order valence-corrected chi connectivity index (χ3v) is 2.75. The van der Waals surface area contributed by atoms with Gasteiger partial charge in [-0.3, -0.25) is 4.79 Å². The molecule has 0 aliphatic rings. The molecule has 2 atom stereocenters. The van der Waals surface area contributed by atoms with Crippen molar-refractivity contribution in [3.05, 3.63) is 0 Å². The molecule has 0 aromatic carbocycles. The number of hydrogen-bond donors (Lipinski definition) is 2. The van der Waals surface area contributed by atoms with Crippen LogP contribution in [0.15, 0.2) is 0 Å². The fraction of sp³-hybridized carbons (Fsp3) is 0.857. The van der Waals surface area contributed by atoms with Gasteiger partial charge in [0.1, 0.15) is 6.04 Å². The topological polar surface area (TPSA) is 66.4 Å². The molecule has 0 aliphatic heterocycles. The minimum atomic E-state index is -0.950. The Morgan fingerprint density at radius 2 is 1.50 bits per heavy atom. The number of carboxylic acids is 1. The molecule has 18 heavy (non-hydrogen) atoms. The highest BCUT2D eigenvalue weighted by Crippen LogP contribution is 2.14. The summed E-state index contributed by atoms with van der Waals surface area (Å²) in [7, 11) is 0. The van der Waals surface area contributed by atoms with Crippen LogP contribution in [0.2, 0.25) is 0 Å². The summed E-state index contributed by atoms with van der Waals surface area (Å²) in [5.74, 6) is -0.0125. The average Bonchev–Trinajstić information content (AvgIpc) is 2.13. The molecule has 0 bridgehead atoms. The lowest BCUT2D eigenvalue weighted by Crippen LogP contribution is -2.42. The van der Waals surface area contributed by atoms with Crippen LogP contribution < -0.4 is 5.32 Å². The van der Waals surface area contributed by atoms with E-state index in [4.69, 9.17) is 5.11 Å². The molecule has 0 aromatic rings. The molecule has 0 fully saturated rings. The second-order valence-corrected chi connectivity index (χ2v) is 6.03. The van der Waals surface area contributed by atoms with Gasteiger partial charge >= 0.3 is 5.97 Å². The third kappa shape index (κ3) is 8.09. The van der Waals surface area contributed by atoms with Gasteiger partial charge in [0, 0.05) is 6.42 Å². The molecule has 2 unspecified atom stereocenters. The van der Waals surface area contributed by atoms with Crippen LogP contribution in [0.3, 0.4) is 0 Å². The fourth-order valence-corrected chi connectivity index (χ4v) is 2.15. The molecule has 106 valence electrons. The van der Waals surface area contributed by atoms with Gasteiger partial charge in [-0.1, -0.05) is 34.6 Å². The molecule has 4 heteroatoms. The van der Waals surface area contributed by atoms with Crippen LogP contribution in [0.4, 0.5) is 0 Å². The van der Waals surface area contributed by atoms with E-state index in [1.165, 1.54) is 0 Å². The van der Waals surface area contributed by atoms with Crippen LogP contribution in [-0.4, -0.2) is 23.0 Å². The first-order valence-electron chi connectivity index (χ1n) is 6.74. The van der Waals surface area contributed by atoms with Crippen molar-refractivity contribution < 1.29 is 14.7 Å². The number of carbonyl (C=O) groups is 2. The molecule has 0 rings (SSSR count). The van der Waals surface area contributed by atoms with Gasteiger partial charge < -0.3 is 10.4 Å². The Balaban J connectivity index is 4.21. The first-order valence-corrected chi connectivity index (χ1v) is 6.74. The number of rotatable bonds is 8. The Morgan fingerprint density at radius 1 is 1.00 bits per heavy atom. The van der Waals surface area contributed by atoms with Gasteiger partial charge in [-0.05, 0) is 30.6 Å². The van der Waals surface area contributed by atoms with Gasteiger partial charge in [0.15, 0.2) is 0 Å². The zero-order valence-corrected chi connectivity index (χ0v) is 12.2. The van der Waals surface area contributed by atoms with Gasteiger partial charge in [0.05, 0.1) is 0 Å². The molecular formula is C14H27NO3. The highest BCUT2D eigenvalue weighted by atomic mass is 16.4. The molecule has 0 aliphatic carbocycles. The molecule has 1 amide bonds. The lowest BCUT2D eigenvalue weighted by molar-refractivity contribution is -0.142. The molecule has 0 saturated carbocycles. The molecule has 2 N–H and O–H groups in total. The summed E-state index contributed by atoms with van der Waals surface area (Å²) in [5, 5.41) is 11.6. The normalized spacial score (nSPS) is 14.6. The summed E-state index contributed by atoms with van der Waals surface area (Å²) < 4.78 is 0. The number of nitrogens with one attached hydrogen (secondary N) is 1. The van der Waals surface area contributed by atoms with Crippen molar-refractivity contribution in [2.24, 2.45) is 17.8 Å². The van der Waals surface area contributed by atoms with Crippen LogP contribution in [0, 0.1) is 17.8 Å². The largest absolute Gasteiger partial charge is 0.480 e. The van der Waals surface area contributed by atoms with Gasteiger partial charge in [-0.25, -0.2) is 4.79 Å². The minimum Gasteiger partial charge on any atom is -0.480 e. The second kappa shape index (κ2) is 8.11. The maximum absolute atomic E-state index is 11.8. The second-order valence-electron chi connectivity index (χ2n) is 6.03. The number of carbonyl (C=O) groups excluding carboxylic acids is 1. The van der Waals surface area contributed by atoms with Crippen molar-refractivity contribution in [2.75, 3.05) is 0 Å². The van der Waals surface area contributed by atoms with Crippen LogP contribution in [0.25, 0.3) is 0 Å². The third-order valence-electron chi connectivity index (χ3n) is 2.75. The van der Waals surface area contributed by atoms with Crippen LogP contribution in [0.1, 0.15) is 53.9 Å². The van der Waals surface area contributed by atoms with E-state index in [0.29, 0.717) is 24.7 Å². The lowest BCUT2D eigenvalue weighted by atomic mass is 9.95. The Bertz CT molecular complexity index is 274. The van der Waals surface area contributed by atoms with Crippen LogP contribution in [-0.2, 0) is 9.59 Å². The quantitative estimate of drug-likeness (QED) is 0.702. The lowest BCUT2D eigenvalue weighted by Gasteiger charge is -2.18. The fourth-order valence-electron chi connectivity index (χ4n) is 2.15. The minimum absolute atomic E-state index is 0.156. The van der Waals surface area contributed by atoms with Gasteiger partial charge in [0.25, 0.3) is 0 Å². The van der Waals surface area contributed by atoms with E-state index in [2.05, 4.69) is 19.2 Å². The summed E-state index contributed by atoms with van der Waals surface area (Å²) in [4.78, 5) is 22.8. The van der Waals surface area contributed by atoms with Gasteiger partial charge in [0.2, 0.25) is 5.91 Å². The van der Waals surface area contributed by atoms with Crippen LogP contribution in [0.5, 0.6) is 0 Å². The van der Waals surface area contributed by atoms with Crippen molar-refractivity contribution in [2.45, 2.75) is 59.9 Å². The van der Waals surface area contributed by atoms with Crippen molar-refractivity contribution >= 4 is 11.9 Å². The van der Waals surface area contributed by atoms with Gasteiger partial charge in [-0.15, -0.1) is 0 Å². The van der Waals surface area contributed by atoms with E-state index in [-0.39, 0.29) is 11.8 Å². The standard InChI is InChI=1S/C14H27NO3/c1-9(2)6-11(5)8-13(16)15-12(14(17)18)7-10(3)4/h9-12H,6-8H2,1-5H3,(H,15,16)(H,17,18). The summed E-state index contributed by atoms with van der Waals surface area (Å²) in [6, 6.07) is -0.760. The summed E-state index contributed by atoms with van der Waals surface area (Å²) in [6.07, 6.45) is 1.86. The molecule has 0 aromatic heterocycles. The number of amides is 1. The smallest absolute Gasteiger partial charge is 0.326 e. The predicted octanol–water partition coefficient (Wildman–Crippen LogP) is 2.67. The highest BCUT2D eigenvalue weighted by molar-refractivity contribution is 5.83. The number of carboxylic acid groups (broad SMARTS) is 1. The molecule has 4 nitrogen and oxygen atoms in total. The predicted molar refractivity (Wildman–Crippen MR) is 72.3 cm³/mol. The maximum atomic E-state index is 11.8. The van der Waals surface area contributed by atoms with E-state index in [1.54, 1.807) is 0 Å². The Kier molecular flexibility index (Phi) is 7.64. The Morgan fingerprint density at radius 3 is 1.89 bits per heavy atom. The SMILES string of the molecule is CC(C)CC(C)CC(=O)NC(CC(C)C)C(=O)O. The maximum Gasteiger partial charge on any atom is 0.326 e. The summed E-state index contributed by atoms with van der Waals surface area (Å²) in [6.45, 7) is 10.2. The highest BCUT2D eigenvalue weighted by Gasteiger charge is 2.21. The van der Waals surface area contributed by atoms with Crippen LogP contribution >= 0.6 is 0 Å². The van der Waals surface area contributed by atoms with Crippen molar-refractivity contribution in [3.63, 3.8) is 0 Å². The van der Waals surface area contributed by atoms with E-state index >= 15 is 0 Å². The van der Waals surface area contributed by atoms with Crippen molar-refractivity contribution in [3.8, 4) is 0 Å². The first-order chi connectivity index (χ1) is 8.22. The summed E-state index contributed by atoms with van der Waals surface area (Å²) >= 11 is 0. The molecule has 0 heterocycles. The molecular weight excluding hydrogens is 230 g/mol.